The van der Waals surface area contributed by atoms with E-state index in [0.717, 1.165) is 51.3 Å². The van der Waals surface area contributed by atoms with Crippen LogP contribution in [0.15, 0.2) is 12.3 Å². The van der Waals surface area contributed by atoms with E-state index in [1.54, 1.807) is 0 Å². The zero-order valence-electron chi connectivity index (χ0n) is 12.6. The molecule has 0 aliphatic carbocycles. The van der Waals surface area contributed by atoms with Gasteiger partial charge in [0.25, 0.3) is 0 Å². The Morgan fingerprint density at radius 2 is 1.85 bits per heavy atom. The highest BCUT2D eigenvalue weighted by atomic mass is 15.3. The molecule has 1 aliphatic heterocycles. The number of nitrogens with zero attached hydrogens (tertiary/aromatic N) is 5. The van der Waals surface area contributed by atoms with Crippen molar-refractivity contribution in [2.75, 3.05) is 32.7 Å². The van der Waals surface area contributed by atoms with E-state index in [1.165, 1.54) is 0 Å². The van der Waals surface area contributed by atoms with Crippen molar-refractivity contribution in [1.82, 2.24) is 19.6 Å². The summed E-state index contributed by atoms with van der Waals surface area (Å²) < 4.78 is 2.11. The molecule has 0 radical (unpaired) electrons. The molecule has 110 valence electrons. The molecule has 2 rings (SSSR count). The number of hydrogen-bond donors (Lipinski definition) is 0. The molecular weight excluding hydrogens is 250 g/mol. The first kappa shape index (κ1) is 15.0. The van der Waals surface area contributed by atoms with Crippen molar-refractivity contribution in [3.63, 3.8) is 0 Å². The Labute approximate surface area is 121 Å². The van der Waals surface area contributed by atoms with Gasteiger partial charge in [0, 0.05) is 38.9 Å². The van der Waals surface area contributed by atoms with Crippen LogP contribution < -0.4 is 0 Å². The lowest BCUT2D eigenvalue weighted by Crippen LogP contribution is -2.45. The standard InChI is InChI=1S/C15H25N5/c1-3-15(4-2)20-7-5-14(17-20)13-19-11-9-18(8-6-16)10-12-19/h5,7,15H,3-4,8-13H2,1-2H3. The van der Waals surface area contributed by atoms with Crippen molar-refractivity contribution in [2.45, 2.75) is 39.3 Å². The minimum absolute atomic E-state index is 0.524. The molecule has 0 N–H and O–H groups in total. The van der Waals surface area contributed by atoms with E-state index in [2.05, 4.69) is 46.7 Å². The highest BCUT2D eigenvalue weighted by molar-refractivity contribution is 5.00. The van der Waals surface area contributed by atoms with Gasteiger partial charge in [-0.05, 0) is 18.9 Å². The van der Waals surface area contributed by atoms with Gasteiger partial charge in [-0.3, -0.25) is 14.5 Å². The van der Waals surface area contributed by atoms with Crippen LogP contribution in [0, 0.1) is 11.3 Å². The SMILES string of the molecule is CCC(CC)n1ccc(CN2CCN(CC#N)CC2)n1. The third-order valence-corrected chi connectivity index (χ3v) is 4.13. The monoisotopic (exact) mass is 275 g/mol. The number of hydrogen-bond acceptors (Lipinski definition) is 4. The van der Waals surface area contributed by atoms with Crippen molar-refractivity contribution < 1.29 is 0 Å². The molecular formula is C15H25N5. The molecule has 0 unspecified atom stereocenters. The topological polar surface area (TPSA) is 48.1 Å². The minimum atomic E-state index is 0.524. The molecule has 0 amide bonds. The van der Waals surface area contributed by atoms with Crippen LogP contribution >= 0.6 is 0 Å². The van der Waals surface area contributed by atoms with Gasteiger partial charge in [-0.15, -0.1) is 0 Å². The van der Waals surface area contributed by atoms with Crippen molar-refractivity contribution in [3.05, 3.63) is 18.0 Å². The van der Waals surface area contributed by atoms with Crippen molar-refractivity contribution >= 4 is 0 Å². The van der Waals surface area contributed by atoms with Crippen LogP contribution in [0.1, 0.15) is 38.4 Å². The van der Waals surface area contributed by atoms with E-state index in [1.807, 2.05) is 0 Å². The Hall–Kier alpha value is -1.38. The van der Waals surface area contributed by atoms with Crippen LogP contribution in [0.4, 0.5) is 0 Å². The summed E-state index contributed by atoms with van der Waals surface area (Å²) in [6.45, 7) is 9.93. The first-order chi connectivity index (χ1) is 9.76. The van der Waals surface area contributed by atoms with Gasteiger partial charge in [0.05, 0.1) is 24.3 Å². The molecule has 1 aromatic rings. The summed E-state index contributed by atoms with van der Waals surface area (Å²) in [6, 6.07) is 4.89. The lowest BCUT2D eigenvalue weighted by Gasteiger charge is -2.32. The second kappa shape index (κ2) is 7.41. The summed E-state index contributed by atoms with van der Waals surface area (Å²) in [6.07, 6.45) is 4.37. The van der Waals surface area contributed by atoms with Crippen molar-refractivity contribution in [2.24, 2.45) is 0 Å². The Balaban J connectivity index is 1.84. The number of piperazine rings is 1. The fraction of sp³-hybridized carbons (Fsp3) is 0.733. The van der Waals surface area contributed by atoms with E-state index < -0.39 is 0 Å². The molecule has 0 spiro atoms. The summed E-state index contributed by atoms with van der Waals surface area (Å²) >= 11 is 0. The zero-order valence-corrected chi connectivity index (χ0v) is 12.6. The largest absolute Gasteiger partial charge is 0.295 e. The lowest BCUT2D eigenvalue weighted by atomic mass is 10.2. The van der Waals surface area contributed by atoms with Gasteiger partial charge in [0.15, 0.2) is 0 Å². The fourth-order valence-corrected chi connectivity index (χ4v) is 2.76. The van der Waals surface area contributed by atoms with E-state index in [-0.39, 0.29) is 0 Å². The van der Waals surface area contributed by atoms with E-state index in [4.69, 9.17) is 10.4 Å². The second-order valence-electron chi connectivity index (χ2n) is 5.47. The molecule has 1 saturated heterocycles. The van der Waals surface area contributed by atoms with Gasteiger partial charge in [0.1, 0.15) is 0 Å². The summed E-state index contributed by atoms with van der Waals surface area (Å²) in [5.41, 5.74) is 1.16. The first-order valence-corrected chi connectivity index (χ1v) is 7.62. The van der Waals surface area contributed by atoms with E-state index >= 15 is 0 Å². The van der Waals surface area contributed by atoms with Gasteiger partial charge in [-0.1, -0.05) is 13.8 Å². The lowest BCUT2D eigenvalue weighted by molar-refractivity contribution is 0.136. The summed E-state index contributed by atoms with van der Waals surface area (Å²) in [7, 11) is 0. The van der Waals surface area contributed by atoms with Crippen LogP contribution in [0.3, 0.4) is 0 Å². The molecule has 20 heavy (non-hydrogen) atoms. The molecule has 1 aliphatic rings. The number of aromatic nitrogens is 2. The number of rotatable bonds is 6. The fourth-order valence-electron chi connectivity index (χ4n) is 2.76. The Morgan fingerprint density at radius 1 is 1.20 bits per heavy atom. The van der Waals surface area contributed by atoms with Crippen LogP contribution in [-0.4, -0.2) is 52.3 Å². The van der Waals surface area contributed by atoms with Crippen LogP contribution in [-0.2, 0) is 6.54 Å². The van der Waals surface area contributed by atoms with Crippen LogP contribution in [0.25, 0.3) is 0 Å². The summed E-state index contributed by atoms with van der Waals surface area (Å²) in [4.78, 5) is 4.63. The zero-order chi connectivity index (χ0) is 14.4. The van der Waals surface area contributed by atoms with Gasteiger partial charge in [-0.25, -0.2) is 0 Å². The first-order valence-electron chi connectivity index (χ1n) is 7.62. The molecule has 1 fully saturated rings. The minimum Gasteiger partial charge on any atom is -0.295 e. The third kappa shape index (κ3) is 3.81. The quantitative estimate of drug-likeness (QED) is 0.744. The number of nitriles is 1. The predicted octanol–water partition coefficient (Wildman–Crippen LogP) is 1.89. The normalized spacial score (nSPS) is 17.5. The molecule has 1 aromatic heterocycles. The molecule has 0 saturated carbocycles. The smallest absolute Gasteiger partial charge is 0.0866 e. The highest BCUT2D eigenvalue weighted by Crippen LogP contribution is 2.15. The van der Waals surface area contributed by atoms with Gasteiger partial charge in [0.2, 0.25) is 0 Å². The molecule has 0 aromatic carbocycles. The summed E-state index contributed by atoms with van der Waals surface area (Å²) in [5.74, 6) is 0. The highest BCUT2D eigenvalue weighted by Gasteiger charge is 2.17. The average Bonchev–Trinajstić information content (AvgIpc) is 2.91. The Morgan fingerprint density at radius 3 is 2.45 bits per heavy atom. The Kier molecular flexibility index (Phi) is 5.57. The van der Waals surface area contributed by atoms with Gasteiger partial charge >= 0.3 is 0 Å². The van der Waals surface area contributed by atoms with Crippen molar-refractivity contribution in [3.8, 4) is 6.07 Å². The Bertz CT molecular complexity index is 435. The maximum Gasteiger partial charge on any atom is 0.0866 e. The van der Waals surface area contributed by atoms with Crippen molar-refractivity contribution in [1.29, 1.82) is 5.26 Å². The molecule has 0 bridgehead atoms. The maximum atomic E-state index is 8.70. The van der Waals surface area contributed by atoms with Gasteiger partial charge in [-0.2, -0.15) is 10.4 Å². The van der Waals surface area contributed by atoms with E-state index in [0.29, 0.717) is 12.6 Å². The van der Waals surface area contributed by atoms with Crippen LogP contribution in [0.5, 0.6) is 0 Å². The van der Waals surface area contributed by atoms with E-state index in [9.17, 15) is 0 Å². The maximum absolute atomic E-state index is 8.70. The second-order valence-corrected chi connectivity index (χ2v) is 5.47. The third-order valence-electron chi connectivity index (χ3n) is 4.13. The van der Waals surface area contributed by atoms with Gasteiger partial charge < -0.3 is 0 Å². The molecule has 0 atom stereocenters. The molecule has 5 nitrogen and oxygen atoms in total. The summed E-state index contributed by atoms with van der Waals surface area (Å²) in [5, 5.41) is 13.4. The van der Waals surface area contributed by atoms with Crippen LogP contribution in [0.2, 0.25) is 0 Å². The predicted molar refractivity (Wildman–Crippen MR) is 79.2 cm³/mol. The average molecular weight is 275 g/mol. The molecule has 5 heteroatoms. The molecule has 2 heterocycles.